The second-order valence-electron chi connectivity index (χ2n) is 5.16. The second-order valence-corrected chi connectivity index (χ2v) is 5.16. The molecule has 2 aliphatic heterocycles. The van der Waals surface area contributed by atoms with E-state index in [4.69, 9.17) is 0 Å². The van der Waals surface area contributed by atoms with Gasteiger partial charge in [0.25, 0.3) is 5.91 Å². The summed E-state index contributed by atoms with van der Waals surface area (Å²) in [5.41, 5.74) is 1.50. The molecule has 3 amide bonds. The highest BCUT2D eigenvalue weighted by atomic mass is 19.1. The maximum atomic E-state index is 13.5. The van der Waals surface area contributed by atoms with Gasteiger partial charge in [0.05, 0.1) is 0 Å². The van der Waals surface area contributed by atoms with Crippen LogP contribution in [0.1, 0.15) is 34.3 Å². The normalized spacial score (nSPS) is 22.0. The fourth-order valence-corrected chi connectivity index (χ4v) is 2.71. The number of halogens is 1. The van der Waals surface area contributed by atoms with Crippen molar-refractivity contribution in [1.29, 1.82) is 0 Å². The number of nitrogens with zero attached hydrogens (tertiary/aromatic N) is 1. The Bertz CT molecular complexity index is 642. The number of rotatable bonds is 1. The standard InChI is InChI=1S/C14H13FN2O3/c1-7-4-8-6-17(14(20)9(8)5-10(7)15)11-2-3-12(18)16-13(11)19/h4-5,11H,2-3,6H2,1H3,(H,16,18,19)/t11-/m1/s1. The van der Waals surface area contributed by atoms with Gasteiger partial charge in [-0.25, -0.2) is 4.39 Å². The number of amides is 3. The van der Waals surface area contributed by atoms with Crippen LogP contribution in [0.5, 0.6) is 0 Å². The molecular weight excluding hydrogens is 263 g/mol. The Labute approximate surface area is 114 Å². The highest BCUT2D eigenvalue weighted by Gasteiger charge is 2.39. The molecule has 0 aromatic heterocycles. The summed E-state index contributed by atoms with van der Waals surface area (Å²) in [7, 11) is 0. The predicted octanol–water partition coefficient (Wildman–Crippen LogP) is 0.895. The Morgan fingerprint density at radius 2 is 2.05 bits per heavy atom. The van der Waals surface area contributed by atoms with Gasteiger partial charge in [0.15, 0.2) is 0 Å². The minimum absolute atomic E-state index is 0.212. The molecule has 6 heteroatoms. The van der Waals surface area contributed by atoms with Gasteiger partial charge in [0.2, 0.25) is 11.8 Å². The lowest BCUT2D eigenvalue weighted by Gasteiger charge is -2.29. The Kier molecular flexibility index (Phi) is 2.81. The quantitative estimate of drug-likeness (QED) is 0.775. The van der Waals surface area contributed by atoms with Crippen molar-refractivity contribution in [3.63, 3.8) is 0 Å². The molecule has 1 atom stereocenters. The van der Waals surface area contributed by atoms with Crippen molar-refractivity contribution >= 4 is 17.7 Å². The summed E-state index contributed by atoms with van der Waals surface area (Å²) in [6.45, 7) is 1.91. The Morgan fingerprint density at radius 3 is 2.75 bits per heavy atom. The van der Waals surface area contributed by atoms with Crippen LogP contribution in [0.4, 0.5) is 4.39 Å². The molecule has 2 aliphatic rings. The maximum Gasteiger partial charge on any atom is 0.255 e. The Hall–Kier alpha value is -2.24. The maximum absolute atomic E-state index is 13.5. The lowest BCUT2D eigenvalue weighted by molar-refractivity contribution is -0.136. The zero-order chi connectivity index (χ0) is 14.4. The van der Waals surface area contributed by atoms with Gasteiger partial charge in [0, 0.05) is 18.5 Å². The smallest absolute Gasteiger partial charge is 0.255 e. The molecule has 104 valence electrons. The molecule has 0 saturated carbocycles. The lowest BCUT2D eigenvalue weighted by Crippen LogP contribution is -2.52. The fourth-order valence-electron chi connectivity index (χ4n) is 2.71. The van der Waals surface area contributed by atoms with E-state index in [9.17, 15) is 18.8 Å². The molecule has 0 aliphatic carbocycles. The van der Waals surface area contributed by atoms with E-state index in [2.05, 4.69) is 5.32 Å². The topological polar surface area (TPSA) is 66.5 Å². The van der Waals surface area contributed by atoms with Gasteiger partial charge in [0.1, 0.15) is 11.9 Å². The average molecular weight is 276 g/mol. The van der Waals surface area contributed by atoms with E-state index in [-0.39, 0.29) is 24.8 Å². The minimum atomic E-state index is -0.657. The van der Waals surface area contributed by atoms with E-state index < -0.39 is 17.8 Å². The summed E-state index contributed by atoms with van der Waals surface area (Å²) in [6.07, 6.45) is 0.524. The molecule has 0 spiro atoms. The van der Waals surface area contributed by atoms with E-state index in [0.29, 0.717) is 17.5 Å². The van der Waals surface area contributed by atoms with Crippen molar-refractivity contribution in [2.75, 3.05) is 0 Å². The van der Waals surface area contributed by atoms with Gasteiger partial charge in [-0.15, -0.1) is 0 Å². The van der Waals surface area contributed by atoms with Gasteiger partial charge in [-0.1, -0.05) is 6.07 Å². The molecular formula is C14H13FN2O3. The van der Waals surface area contributed by atoms with Crippen LogP contribution >= 0.6 is 0 Å². The summed E-state index contributed by atoms with van der Waals surface area (Å²) < 4.78 is 13.5. The summed E-state index contributed by atoms with van der Waals surface area (Å²) in [4.78, 5) is 36.6. The largest absolute Gasteiger partial charge is 0.322 e. The SMILES string of the molecule is Cc1cc2c(cc1F)C(=O)N([C@@H]1CCC(=O)NC1=O)C2. The van der Waals surface area contributed by atoms with Crippen molar-refractivity contribution in [3.05, 3.63) is 34.6 Å². The zero-order valence-electron chi connectivity index (χ0n) is 10.9. The van der Waals surface area contributed by atoms with Gasteiger partial charge >= 0.3 is 0 Å². The molecule has 1 N–H and O–H groups in total. The summed E-state index contributed by atoms with van der Waals surface area (Å²) >= 11 is 0. The first-order valence-electron chi connectivity index (χ1n) is 6.41. The van der Waals surface area contributed by atoms with Crippen molar-refractivity contribution in [1.82, 2.24) is 10.2 Å². The molecule has 1 saturated heterocycles. The van der Waals surface area contributed by atoms with E-state index in [1.807, 2.05) is 0 Å². The van der Waals surface area contributed by atoms with E-state index in [0.717, 1.165) is 5.56 Å². The van der Waals surface area contributed by atoms with Gasteiger partial charge in [-0.05, 0) is 30.5 Å². The van der Waals surface area contributed by atoms with Crippen molar-refractivity contribution < 1.29 is 18.8 Å². The van der Waals surface area contributed by atoms with Crippen LogP contribution in [-0.4, -0.2) is 28.7 Å². The third-order valence-corrected chi connectivity index (χ3v) is 3.80. The van der Waals surface area contributed by atoms with Gasteiger partial charge < -0.3 is 4.90 Å². The van der Waals surface area contributed by atoms with Crippen molar-refractivity contribution in [2.45, 2.75) is 32.4 Å². The van der Waals surface area contributed by atoms with Gasteiger partial charge in [-0.2, -0.15) is 0 Å². The van der Waals surface area contributed by atoms with Crippen LogP contribution < -0.4 is 5.32 Å². The second kappa shape index (κ2) is 4.40. The highest BCUT2D eigenvalue weighted by molar-refractivity contribution is 6.05. The van der Waals surface area contributed by atoms with Crippen LogP contribution in [0.15, 0.2) is 12.1 Å². The highest BCUT2D eigenvalue weighted by Crippen LogP contribution is 2.29. The monoisotopic (exact) mass is 276 g/mol. The minimum Gasteiger partial charge on any atom is -0.322 e. The number of benzene rings is 1. The number of hydrogen-bond donors (Lipinski definition) is 1. The summed E-state index contributed by atoms with van der Waals surface area (Å²) in [5.74, 6) is -1.56. The van der Waals surface area contributed by atoms with Gasteiger partial charge in [-0.3, -0.25) is 19.7 Å². The molecule has 2 heterocycles. The molecule has 0 bridgehead atoms. The molecule has 1 fully saturated rings. The number of imide groups is 1. The Morgan fingerprint density at radius 1 is 1.30 bits per heavy atom. The molecule has 20 heavy (non-hydrogen) atoms. The fraction of sp³-hybridized carbons (Fsp3) is 0.357. The number of aryl methyl sites for hydroxylation is 1. The molecule has 3 rings (SSSR count). The number of fused-ring (bicyclic) bond motifs is 1. The third kappa shape index (κ3) is 1.88. The molecule has 0 unspecified atom stereocenters. The van der Waals surface area contributed by atoms with Crippen LogP contribution in [0.2, 0.25) is 0 Å². The molecule has 1 aromatic rings. The van der Waals surface area contributed by atoms with E-state index >= 15 is 0 Å². The average Bonchev–Trinajstić information content (AvgIpc) is 2.68. The van der Waals surface area contributed by atoms with E-state index in [1.165, 1.54) is 11.0 Å². The van der Waals surface area contributed by atoms with Crippen LogP contribution in [0.3, 0.4) is 0 Å². The lowest BCUT2D eigenvalue weighted by atomic mass is 10.0. The molecule has 1 aromatic carbocycles. The Balaban J connectivity index is 1.90. The first kappa shape index (κ1) is 12.8. The van der Waals surface area contributed by atoms with Crippen molar-refractivity contribution in [3.8, 4) is 0 Å². The van der Waals surface area contributed by atoms with Crippen LogP contribution in [-0.2, 0) is 16.1 Å². The number of carbonyl (C=O) groups excluding carboxylic acids is 3. The number of piperidine rings is 1. The molecule has 0 radical (unpaired) electrons. The zero-order valence-corrected chi connectivity index (χ0v) is 10.9. The first-order chi connectivity index (χ1) is 9.47. The summed E-state index contributed by atoms with van der Waals surface area (Å²) in [6, 6.07) is 2.20. The molecule has 5 nitrogen and oxygen atoms in total. The number of hydrogen-bond acceptors (Lipinski definition) is 3. The van der Waals surface area contributed by atoms with Crippen LogP contribution in [0.25, 0.3) is 0 Å². The predicted molar refractivity (Wildman–Crippen MR) is 67.2 cm³/mol. The van der Waals surface area contributed by atoms with Crippen molar-refractivity contribution in [2.24, 2.45) is 0 Å². The number of carbonyl (C=O) groups is 3. The number of nitrogens with one attached hydrogen (secondary N) is 1. The first-order valence-corrected chi connectivity index (χ1v) is 6.41. The summed E-state index contributed by atoms with van der Waals surface area (Å²) in [5, 5.41) is 2.23. The van der Waals surface area contributed by atoms with E-state index in [1.54, 1.807) is 13.0 Å². The third-order valence-electron chi connectivity index (χ3n) is 3.80. The van der Waals surface area contributed by atoms with Crippen LogP contribution in [0, 0.1) is 12.7 Å².